The van der Waals surface area contributed by atoms with E-state index in [-0.39, 0.29) is 17.1 Å². The smallest absolute Gasteiger partial charge is 0.306 e. The number of aromatic hydroxyl groups is 1. The van der Waals surface area contributed by atoms with Gasteiger partial charge in [-0.25, -0.2) is 0 Å². The van der Waals surface area contributed by atoms with Crippen LogP contribution in [-0.4, -0.2) is 18.2 Å². The van der Waals surface area contributed by atoms with E-state index in [1.807, 2.05) is 6.07 Å². The van der Waals surface area contributed by atoms with Gasteiger partial charge in [0.15, 0.2) is 0 Å². The Balaban J connectivity index is 2.33. The Morgan fingerprint density at radius 1 is 1.56 bits per heavy atom. The van der Waals surface area contributed by atoms with Gasteiger partial charge in [0, 0.05) is 5.41 Å². The molecule has 1 aliphatic carbocycles. The summed E-state index contributed by atoms with van der Waals surface area (Å²) in [5.74, 6) is 0.0652. The van der Waals surface area contributed by atoms with E-state index >= 15 is 0 Å². The van der Waals surface area contributed by atoms with E-state index in [4.69, 9.17) is 4.74 Å². The monoisotopic (exact) mass is 220 g/mol. The molecule has 86 valence electrons. The number of carbonyl (C=O) groups is 1. The third kappa shape index (κ3) is 1.77. The molecule has 0 bridgehead atoms. The number of benzene rings is 1. The molecule has 1 aromatic carbocycles. The van der Waals surface area contributed by atoms with E-state index < -0.39 is 0 Å². The topological polar surface area (TPSA) is 46.5 Å². The first-order chi connectivity index (χ1) is 7.55. The van der Waals surface area contributed by atoms with Crippen molar-refractivity contribution in [1.29, 1.82) is 0 Å². The molecule has 0 saturated carbocycles. The van der Waals surface area contributed by atoms with E-state index in [1.165, 1.54) is 12.7 Å². The molecule has 3 heteroatoms. The fraction of sp³-hybridized carbons (Fsp3) is 0.462. The Kier molecular flexibility index (Phi) is 2.62. The number of hydrogen-bond donors (Lipinski definition) is 1. The molecule has 0 aromatic heterocycles. The van der Waals surface area contributed by atoms with Crippen molar-refractivity contribution in [2.24, 2.45) is 0 Å². The SMILES string of the molecule is COC(=O)CC1(C)CCc2ccc(O)cc21. The van der Waals surface area contributed by atoms with Crippen molar-refractivity contribution in [3.05, 3.63) is 29.3 Å². The molecular formula is C13H16O3. The molecule has 0 radical (unpaired) electrons. The third-order valence-electron chi connectivity index (χ3n) is 3.45. The molecule has 0 aliphatic heterocycles. The van der Waals surface area contributed by atoms with Gasteiger partial charge in [0.25, 0.3) is 0 Å². The van der Waals surface area contributed by atoms with Gasteiger partial charge in [-0.2, -0.15) is 0 Å². The highest BCUT2D eigenvalue weighted by Gasteiger charge is 2.36. The van der Waals surface area contributed by atoms with E-state index in [0.29, 0.717) is 6.42 Å². The molecule has 16 heavy (non-hydrogen) atoms. The number of hydrogen-bond acceptors (Lipinski definition) is 3. The van der Waals surface area contributed by atoms with Crippen molar-refractivity contribution in [3.63, 3.8) is 0 Å². The van der Waals surface area contributed by atoms with Crippen LogP contribution in [0.25, 0.3) is 0 Å². The average Bonchev–Trinajstić information content (AvgIpc) is 2.56. The Labute approximate surface area is 95.0 Å². The lowest BCUT2D eigenvalue weighted by Gasteiger charge is -2.23. The van der Waals surface area contributed by atoms with Gasteiger partial charge in [-0.15, -0.1) is 0 Å². The van der Waals surface area contributed by atoms with E-state index in [2.05, 4.69) is 6.92 Å². The van der Waals surface area contributed by atoms with Crippen LogP contribution in [0, 0.1) is 0 Å². The van der Waals surface area contributed by atoms with Crippen molar-refractivity contribution >= 4 is 5.97 Å². The number of carbonyl (C=O) groups excluding carboxylic acids is 1. The van der Waals surface area contributed by atoms with Gasteiger partial charge in [0.1, 0.15) is 5.75 Å². The summed E-state index contributed by atoms with van der Waals surface area (Å²) < 4.78 is 4.72. The molecule has 1 atom stereocenters. The van der Waals surface area contributed by atoms with Gasteiger partial charge in [0.2, 0.25) is 0 Å². The summed E-state index contributed by atoms with van der Waals surface area (Å²) in [5.41, 5.74) is 2.11. The number of phenolic OH excluding ortho intramolecular Hbond substituents is 1. The zero-order chi connectivity index (χ0) is 11.8. The van der Waals surface area contributed by atoms with E-state index in [9.17, 15) is 9.90 Å². The first kappa shape index (κ1) is 11.0. The highest BCUT2D eigenvalue weighted by atomic mass is 16.5. The van der Waals surface area contributed by atoms with Gasteiger partial charge >= 0.3 is 5.97 Å². The molecule has 2 rings (SSSR count). The molecule has 0 heterocycles. The minimum atomic E-state index is -0.196. The van der Waals surface area contributed by atoms with Crippen LogP contribution in [-0.2, 0) is 21.4 Å². The van der Waals surface area contributed by atoms with Gasteiger partial charge in [-0.05, 0) is 36.1 Å². The molecule has 0 amide bonds. The Bertz CT molecular complexity index is 425. The van der Waals surface area contributed by atoms with E-state index in [0.717, 1.165) is 18.4 Å². The first-order valence-electron chi connectivity index (χ1n) is 5.44. The molecule has 0 saturated heterocycles. The molecule has 1 N–H and O–H groups in total. The second-order valence-corrected chi connectivity index (χ2v) is 4.66. The number of fused-ring (bicyclic) bond motifs is 1. The minimum absolute atomic E-state index is 0.193. The van der Waals surface area contributed by atoms with Crippen molar-refractivity contribution in [2.75, 3.05) is 7.11 Å². The van der Waals surface area contributed by atoms with Crippen LogP contribution in [0.1, 0.15) is 30.9 Å². The second-order valence-electron chi connectivity index (χ2n) is 4.66. The lowest BCUT2D eigenvalue weighted by Crippen LogP contribution is -2.23. The van der Waals surface area contributed by atoms with Crippen molar-refractivity contribution in [1.82, 2.24) is 0 Å². The molecule has 3 nitrogen and oxygen atoms in total. The lowest BCUT2D eigenvalue weighted by molar-refractivity contribution is -0.142. The van der Waals surface area contributed by atoms with Crippen LogP contribution in [0.2, 0.25) is 0 Å². The highest BCUT2D eigenvalue weighted by molar-refractivity contribution is 5.72. The standard InChI is InChI=1S/C13H16O3/c1-13(8-12(15)16-2)6-5-9-3-4-10(14)7-11(9)13/h3-4,7,14H,5-6,8H2,1-2H3. The quantitative estimate of drug-likeness (QED) is 0.777. The van der Waals surface area contributed by atoms with Crippen LogP contribution in [0.15, 0.2) is 18.2 Å². The summed E-state index contributed by atoms with van der Waals surface area (Å²) in [5, 5.41) is 9.50. The Morgan fingerprint density at radius 3 is 3.00 bits per heavy atom. The molecule has 1 aromatic rings. The summed E-state index contributed by atoms with van der Waals surface area (Å²) in [6.45, 7) is 2.05. The Morgan fingerprint density at radius 2 is 2.31 bits per heavy atom. The van der Waals surface area contributed by atoms with Crippen molar-refractivity contribution in [3.8, 4) is 5.75 Å². The van der Waals surface area contributed by atoms with Gasteiger partial charge < -0.3 is 9.84 Å². The average molecular weight is 220 g/mol. The number of ether oxygens (including phenoxy) is 1. The maximum atomic E-state index is 11.4. The largest absolute Gasteiger partial charge is 0.508 e. The second kappa shape index (κ2) is 3.81. The van der Waals surface area contributed by atoms with Gasteiger partial charge in [-0.1, -0.05) is 13.0 Å². The summed E-state index contributed by atoms with van der Waals surface area (Å²) in [6.07, 6.45) is 2.27. The van der Waals surface area contributed by atoms with Crippen molar-refractivity contribution < 1.29 is 14.6 Å². The maximum Gasteiger partial charge on any atom is 0.306 e. The highest BCUT2D eigenvalue weighted by Crippen LogP contribution is 2.42. The molecule has 0 spiro atoms. The zero-order valence-electron chi connectivity index (χ0n) is 9.62. The van der Waals surface area contributed by atoms with Gasteiger partial charge in [-0.3, -0.25) is 4.79 Å². The number of aryl methyl sites for hydroxylation is 1. The number of rotatable bonds is 2. The van der Waals surface area contributed by atoms with Crippen LogP contribution in [0.4, 0.5) is 0 Å². The molecule has 1 unspecified atom stereocenters. The van der Waals surface area contributed by atoms with E-state index in [1.54, 1.807) is 12.1 Å². The third-order valence-corrected chi connectivity index (χ3v) is 3.45. The normalized spacial score (nSPS) is 22.9. The van der Waals surface area contributed by atoms with Crippen LogP contribution in [0.5, 0.6) is 5.75 Å². The predicted octanol–water partition coefficient (Wildman–Crippen LogP) is 2.16. The minimum Gasteiger partial charge on any atom is -0.508 e. The predicted molar refractivity (Wildman–Crippen MR) is 60.4 cm³/mol. The zero-order valence-corrected chi connectivity index (χ0v) is 9.62. The number of phenols is 1. The molecule has 1 aliphatic rings. The first-order valence-corrected chi connectivity index (χ1v) is 5.44. The summed E-state index contributed by atoms with van der Waals surface area (Å²) in [4.78, 5) is 11.4. The molecule has 0 fully saturated rings. The van der Waals surface area contributed by atoms with Crippen molar-refractivity contribution in [2.45, 2.75) is 31.6 Å². The number of esters is 1. The van der Waals surface area contributed by atoms with Crippen LogP contribution in [0.3, 0.4) is 0 Å². The maximum absolute atomic E-state index is 11.4. The Hall–Kier alpha value is -1.51. The van der Waals surface area contributed by atoms with Crippen LogP contribution < -0.4 is 0 Å². The summed E-state index contributed by atoms with van der Waals surface area (Å²) >= 11 is 0. The lowest BCUT2D eigenvalue weighted by atomic mass is 9.81. The van der Waals surface area contributed by atoms with Crippen LogP contribution >= 0.6 is 0 Å². The summed E-state index contributed by atoms with van der Waals surface area (Å²) in [6, 6.07) is 5.40. The fourth-order valence-electron chi connectivity index (χ4n) is 2.46. The fourth-order valence-corrected chi connectivity index (χ4v) is 2.46. The summed E-state index contributed by atoms with van der Waals surface area (Å²) in [7, 11) is 1.41. The molecular weight excluding hydrogens is 204 g/mol. The number of methoxy groups -OCH3 is 1. The van der Waals surface area contributed by atoms with Gasteiger partial charge in [0.05, 0.1) is 13.5 Å².